The number of carbonyl (C=O) groups is 2. The highest BCUT2D eigenvalue weighted by molar-refractivity contribution is 5.70. The van der Waals surface area contributed by atoms with Crippen LogP contribution >= 0.6 is 0 Å². The van der Waals surface area contributed by atoms with Crippen LogP contribution in [0.4, 0.5) is 0 Å². The van der Waals surface area contributed by atoms with E-state index in [0.29, 0.717) is 12.8 Å². The molecule has 0 aromatic carbocycles. The van der Waals surface area contributed by atoms with Crippen LogP contribution in [0.15, 0.2) is 0 Å². The normalized spacial score (nSPS) is 12.0. The SMILES string of the molecule is CCCCCCCCCCCCCCCCCCCCCC(=O)OC[C@H](CO)OC(=O)CCCCCCCCCCCCCCCCCC. The second-order valence-corrected chi connectivity index (χ2v) is 15.1. The molecule has 0 fully saturated rings. The molecule has 0 aromatic heterocycles. The summed E-state index contributed by atoms with van der Waals surface area (Å²) in [5, 5.41) is 9.58. The Hall–Kier alpha value is -1.10. The molecule has 49 heavy (non-hydrogen) atoms. The molecule has 1 atom stereocenters. The molecule has 0 spiro atoms. The van der Waals surface area contributed by atoms with Crippen LogP contribution in [0.25, 0.3) is 0 Å². The third-order valence-corrected chi connectivity index (χ3v) is 10.2. The van der Waals surface area contributed by atoms with Gasteiger partial charge in [-0.1, -0.05) is 226 Å². The summed E-state index contributed by atoms with van der Waals surface area (Å²) in [6.07, 6.45) is 46.0. The molecule has 1 N–H and O–H groups in total. The first-order valence-electron chi connectivity index (χ1n) is 22.1. The van der Waals surface area contributed by atoms with E-state index >= 15 is 0 Å². The van der Waals surface area contributed by atoms with Gasteiger partial charge in [0.25, 0.3) is 0 Å². The van der Waals surface area contributed by atoms with Gasteiger partial charge in [0.15, 0.2) is 6.10 Å². The lowest BCUT2D eigenvalue weighted by molar-refractivity contribution is -0.161. The number of ether oxygens (including phenoxy) is 2. The van der Waals surface area contributed by atoms with Crippen LogP contribution < -0.4 is 0 Å². The van der Waals surface area contributed by atoms with E-state index in [-0.39, 0.29) is 25.2 Å². The largest absolute Gasteiger partial charge is 0.462 e. The maximum absolute atomic E-state index is 12.2. The van der Waals surface area contributed by atoms with Crippen molar-refractivity contribution in [1.29, 1.82) is 0 Å². The van der Waals surface area contributed by atoms with Crippen molar-refractivity contribution in [3.05, 3.63) is 0 Å². The summed E-state index contributed by atoms with van der Waals surface area (Å²) >= 11 is 0. The van der Waals surface area contributed by atoms with Gasteiger partial charge in [-0.3, -0.25) is 9.59 Å². The molecule has 5 heteroatoms. The second-order valence-electron chi connectivity index (χ2n) is 15.1. The van der Waals surface area contributed by atoms with Gasteiger partial charge in [-0.15, -0.1) is 0 Å². The van der Waals surface area contributed by atoms with Crippen LogP contribution in [0.3, 0.4) is 0 Å². The lowest BCUT2D eigenvalue weighted by atomic mass is 10.0. The van der Waals surface area contributed by atoms with Crippen LogP contribution in [-0.2, 0) is 19.1 Å². The Morgan fingerprint density at radius 2 is 0.633 bits per heavy atom. The molecular weight excluding hydrogens is 608 g/mol. The predicted molar refractivity (Wildman–Crippen MR) is 210 cm³/mol. The monoisotopic (exact) mass is 695 g/mol. The Bertz CT molecular complexity index is 666. The van der Waals surface area contributed by atoms with Gasteiger partial charge in [0.05, 0.1) is 6.61 Å². The van der Waals surface area contributed by atoms with E-state index < -0.39 is 6.10 Å². The molecule has 0 aromatic rings. The summed E-state index contributed by atoms with van der Waals surface area (Å²) < 4.78 is 10.6. The molecule has 0 unspecified atom stereocenters. The van der Waals surface area contributed by atoms with Gasteiger partial charge in [0, 0.05) is 12.8 Å². The van der Waals surface area contributed by atoms with Gasteiger partial charge >= 0.3 is 11.9 Å². The summed E-state index contributed by atoms with van der Waals surface area (Å²) in [5.41, 5.74) is 0. The van der Waals surface area contributed by atoms with Crippen LogP contribution in [0, 0.1) is 0 Å². The van der Waals surface area contributed by atoms with E-state index in [9.17, 15) is 14.7 Å². The number of aliphatic hydroxyl groups excluding tert-OH is 1. The summed E-state index contributed by atoms with van der Waals surface area (Å²) in [6, 6.07) is 0. The molecule has 0 amide bonds. The molecule has 5 nitrogen and oxygen atoms in total. The van der Waals surface area contributed by atoms with Crippen molar-refractivity contribution in [1.82, 2.24) is 0 Å². The Balaban J connectivity index is 3.45. The molecule has 0 aliphatic rings. The fourth-order valence-corrected chi connectivity index (χ4v) is 6.79. The van der Waals surface area contributed by atoms with Crippen molar-refractivity contribution in [2.24, 2.45) is 0 Å². The number of hydrogen-bond acceptors (Lipinski definition) is 5. The highest BCUT2D eigenvalue weighted by Gasteiger charge is 2.16. The first-order chi connectivity index (χ1) is 24.1. The second kappa shape index (κ2) is 41.3. The smallest absolute Gasteiger partial charge is 0.306 e. The maximum Gasteiger partial charge on any atom is 0.306 e. The molecule has 0 saturated carbocycles. The molecule has 0 rings (SSSR count). The highest BCUT2D eigenvalue weighted by Crippen LogP contribution is 2.16. The van der Waals surface area contributed by atoms with Gasteiger partial charge in [-0.05, 0) is 12.8 Å². The van der Waals surface area contributed by atoms with E-state index in [0.717, 1.165) is 32.1 Å². The summed E-state index contributed by atoms with van der Waals surface area (Å²) in [6.45, 7) is 4.18. The van der Waals surface area contributed by atoms with Gasteiger partial charge in [-0.2, -0.15) is 0 Å². The van der Waals surface area contributed by atoms with Gasteiger partial charge in [-0.25, -0.2) is 0 Å². The van der Waals surface area contributed by atoms with Crippen molar-refractivity contribution in [3.63, 3.8) is 0 Å². The minimum atomic E-state index is -0.761. The topological polar surface area (TPSA) is 72.8 Å². The van der Waals surface area contributed by atoms with Crippen LogP contribution in [0.5, 0.6) is 0 Å². The molecule has 0 saturated heterocycles. The molecule has 292 valence electrons. The number of esters is 2. The van der Waals surface area contributed by atoms with Crippen molar-refractivity contribution in [2.75, 3.05) is 13.2 Å². The number of rotatable bonds is 41. The lowest BCUT2D eigenvalue weighted by Crippen LogP contribution is -2.28. The Kier molecular flexibility index (Phi) is 40.4. The average Bonchev–Trinajstić information content (AvgIpc) is 3.10. The van der Waals surface area contributed by atoms with Gasteiger partial charge in [0.1, 0.15) is 6.61 Å². The molecule has 0 aliphatic carbocycles. The number of aliphatic hydroxyl groups is 1. The van der Waals surface area contributed by atoms with Crippen molar-refractivity contribution in [2.45, 2.75) is 258 Å². The number of carbonyl (C=O) groups excluding carboxylic acids is 2. The summed E-state index contributed by atoms with van der Waals surface area (Å²) in [7, 11) is 0. The first-order valence-corrected chi connectivity index (χ1v) is 22.1. The first kappa shape index (κ1) is 47.9. The van der Waals surface area contributed by atoms with Gasteiger partial charge < -0.3 is 14.6 Å². The van der Waals surface area contributed by atoms with Crippen LogP contribution in [-0.4, -0.2) is 36.4 Å². The Morgan fingerprint density at radius 1 is 0.388 bits per heavy atom. The molecule has 0 bridgehead atoms. The zero-order chi connectivity index (χ0) is 35.7. The quantitative estimate of drug-likeness (QED) is 0.0509. The van der Waals surface area contributed by atoms with Crippen molar-refractivity contribution < 1.29 is 24.2 Å². The highest BCUT2D eigenvalue weighted by atomic mass is 16.6. The maximum atomic E-state index is 12.2. The van der Waals surface area contributed by atoms with Gasteiger partial charge in [0.2, 0.25) is 0 Å². The summed E-state index contributed by atoms with van der Waals surface area (Å²) in [5.74, 6) is -0.571. The Morgan fingerprint density at radius 3 is 0.898 bits per heavy atom. The third-order valence-electron chi connectivity index (χ3n) is 10.2. The van der Waals surface area contributed by atoms with E-state index in [4.69, 9.17) is 9.47 Å². The van der Waals surface area contributed by atoms with E-state index in [1.54, 1.807) is 0 Å². The van der Waals surface area contributed by atoms with E-state index in [1.165, 1.54) is 193 Å². The van der Waals surface area contributed by atoms with Crippen molar-refractivity contribution >= 4 is 11.9 Å². The zero-order valence-electron chi connectivity index (χ0n) is 33.2. The van der Waals surface area contributed by atoms with Crippen molar-refractivity contribution in [3.8, 4) is 0 Å². The Labute approximate surface area is 306 Å². The summed E-state index contributed by atoms with van der Waals surface area (Å²) in [4.78, 5) is 24.3. The minimum Gasteiger partial charge on any atom is -0.462 e. The average molecular weight is 695 g/mol. The van der Waals surface area contributed by atoms with E-state index in [2.05, 4.69) is 13.8 Å². The fraction of sp³-hybridized carbons (Fsp3) is 0.955. The number of unbranched alkanes of at least 4 members (excludes halogenated alkanes) is 33. The molecule has 0 heterocycles. The fourth-order valence-electron chi connectivity index (χ4n) is 6.79. The van der Waals surface area contributed by atoms with E-state index in [1.807, 2.05) is 0 Å². The lowest BCUT2D eigenvalue weighted by Gasteiger charge is -2.15. The molecular formula is C44H86O5. The van der Waals surface area contributed by atoms with Crippen LogP contribution in [0.2, 0.25) is 0 Å². The number of hydrogen-bond donors (Lipinski definition) is 1. The molecule has 0 radical (unpaired) electrons. The third kappa shape index (κ3) is 39.5. The minimum absolute atomic E-state index is 0.0564. The molecule has 0 aliphatic heterocycles. The van der Waals surface area contributed by atoms with Crippen LogP contribution in [0.1, 0.15) is 251 Å². The zero-order valence-corrected chi connectivity index (χ0v) is 33.2. The predicted octanol–water partition coefficient (Wildman–Crippen LogP) is 13.9. The standard InChI is InChI=1S/C44H86O5/c1-3-5-7-9-11-13-15-17-19-21-22-23-25-26-28-30-32-34-36-38-43(46)48-41-42(40-45)49-44(47)39-37-35-33-31-29-27-24-20-18-16-14-12-10-8-6-4-2/h42,45H,3-41H2,1-2H3/t42-/m0/s1.